The van der Waals surface area contributed by atoms with Gasteiger partial charge in [-0.1, -0.05) is 11.6 Å². The standard InChI is InChI=1S/C20H16ClF3N6O2/c1-10-9-29(12-3-4-13(14(21)6-12)20(22,23)24)19(32)17-15(8-27-30(10)17)28-18(31)11-2-5-16(25)26-7-11/h2-8,10H,9H2,1H3,(H2,25,26)(H,28,31)/t10-/m0/s1. The van der Waals surface area contributed by atoms with Crippen LogP contribution in [0.4, 0.5) is 30.4 Å². The van der Waals surface area contributed by atoms with Crippen LogP contribution >= 0.6 is 11.6 Å². The summed E-state index contributed by atoms with van der Waals surface area (Å²) in [4.78, 5) is 30.9. The van der Waals surface area contributed by atoms with Crippen molar-refractivity contribution < 1.29 is 22.8 Å². The molecule has 4 rings (SSSR count). The summed E-state index contributed by atoms with van der Waals surface area (Å²) in [5.74, 6) is -0.815. The monoisotopic (exact) mass is 464 g/mol. The van der Waals surface area contributed by atoms with E-state index in [0.717, 1.165) is 12.1 Å². The minimum atomic E-state index is -4.61. The van der Waals surface area contributed by atoms with E-state index in [-0.39, 0.29) is 41.0 Å². The Balaban J connectivity index is 1.65. The number of carbonyl (C=O) groups is 2. The number of rotatable bonds is 3. The van der Waals surface area contributed by atoms with E-state index in [1.54, 1.807) is 6.92 Å². The molecular formula is C20H16ClF3N6O2. The van der Waals surface area contributed by atoms with Crippen LogP contribution in [0.1, 0.15) is 39.4 Å². The largest absolute Gasteiger partial charge is 0.417 e. The summed E-state index contributed by atoms with van der Waals surface area (Å²) in [7, 11) is 0. The van der Waals surface area contributed by atoms with Crippen molar-refractivity contribution in [1.29, 1.82) is 0 Å². The molecule has 1 atom stereocenters. The highest BCUT2D eigenvalue weighted by atomic mass is 35.5. The molecule has 0 saturated carbocycles. The molecule has 8 nitrogen and oxygen atoms in total. The zero-order valence-electron chi connectivity index (χ0n) is 16.5. The van der Waals surface area contributed by atoms with Crippen molar-refractivity contribution in [3.8, 4) is 0 Å². The van der Waals surface area contributed by atoms with E-state index in [0.29, 0.717) is 0 Å². The molecule has 3 N–H and O–H groups in total. The molecule has 0 spiro atoms. The van der Waals surface area contributed by atoms with Crippen LogP contribution in [0.3, 0.4) is 0 Å². The maximum Gasteiger partial charge on any atom is 0.417 e. The number of anilines is 3. The molecule has 166 valence electrons. The van der Waals surface area contributed by atoms with Crippen molar-refractivity contribution in [2.75, 3.05) is 22.5 Å². The molecule has 0 aliphatic carbocycles. The first-order valence-electron chi connectivity index (χ1n) is 9.35. The van der Waals surface area contributed by atoms with Crippen LogP contribution in [0.25, 0.3) is 0 Å². The first kappa shape index (κ1) is 21.6. The van der Waals surface area contributed by atoms with E-state index in [9.17, 15) is 22.8 Å². The SMILES string of the molecule is C[C@H]1CN(c2ccc(C(F)(F)F)c(Cl)c2)C(=O)c2c(NC(=O)c3ccc(N)nc3)cnn21. The Morgan fingerprint density at radius 3 is 2.62 bits per heavy atom. The van der Waals surface area contributed by atoms with Crippen LogP contribution in [-0.2, 0) is 6.18 Å². The zero-order valence-corrected chi connectivity index (χ0v) is 17.3. The topological polar surface area (TPSA) is 106 Å². The molecule has 0 bridgehead atoms. The van der Waals surface area contributed by atoms with Crippen LogP contribution in [0.15, 0.2) is 42.7 Å². The molecule has 2 amide bonds. The highest BCUT2D eigenvalue weighted by Gasteiger charge is 2.36. The molecule has 1 aliphatic heterocycles. The number of fused-ring (bicyclic) bond motifs is 1. The van der Waals surface area contributed by atoms with Gasteiger partial charge < -0.3 is 16.0 Å². The van der Waals surface area contributed by atoms with E-state index in [1.807, 2.05) is 0 Å². The highest BCUT2D eigenvalue weighted by Crippen LogP contribution is 2.38. The second-order valence-corrected chi connectivity index (χ2v) is 7.61. The number of alkyl halides is 3. The van der Waals surface area contributed by atoms with Gasteiger partial charge in [0, 0.05) is 18.4 Å². The van der Waals surface area contributed by atoms with E-state index >= 15 is 0 Å². The van der Waals surface area contributed by atoms with Crippen LogP contribution < -0.4 is 16.0 Å². The first-order valence-corrected chi connectivity index (χ1v) is 9.73. The minimum absolute atomic E-state index is 0.0940. The van der Waals surface area contributed by atoms with Crippen molar-refractivity contribution in [2.45, 2.75) is 19.1 Å². The number of pyridine rings is 1. The predicted molar refractivity (Wildman–Crippen MR) is 112 cm³/mol. The average Bonchev–Trinajstić information content (AvgIpc) is 3.14. The number of hydrogen-bond acceptors (Lipinski definition) is 5. The van der Waals surface area contributed by atoms with Gasteiger partial charge in [0.1, 0.15) is 5.82 Å². The Hall–Kier alpha value is -3.60. The fourth-order valence-electron chi connectivity index (χ4n) is 3.41. The number of halogens is 4. The van der Waals surface area contributed by atoms with Gasteiger partial charge in [0.05, 0.1) is 34.1 Å². The van der Waals surface area contributed by atoms with Crippen LogP contribution in [-0.4, -0.2) is 33.1 Å². The Bertz CT molecular complexity index is 1210. The van der Waals surface area contributed by atoms with Crippen LogP contribution in [0, 0.1) is 0 Å². The lowest BCUT2D eigenvalue weighted by Crippen LogP contribution is -2.43. The molecule has 12 heteroatoms. The molecule has 2 aromatic heterocycles. The number of benzene rings is 1. The van der Waals surface area contributed by atoms with Gasteiger partial charge in [0.2, 0.25) is 0 Å². The van der Waals surface area contributed by atoms with Gasteiger partial charge in [0.25, 0.3) is 11.8 Å². The quantitative estimate of drug-likeness (QED) is 0.609. The third-order valence-corrected chi connectivity index (χ3v) is 5.29. The summed E-state index contributed by atoms with van der Waals surface area (Å²) in [6, 6.07) is 5.74. The summed E-state index contributed by atoms with van der Waals surface area (Å²) in [5, 5.41) is 6.29. The number of carbonyl (C=O) groups excluding carboxylic acids is 2. The summed E-state index contributed by atoms with van der Waals surface area (Å²) in [5.41, 5.74) is 5.21. The highest BCUT2D eigenvalue weighted by molar-refractivity contribution is 6.31. The Kier molecular flexibility index (Phi) is 5.29. The Morgan fingerprint density at radius 1 is 1.25 bits per heavy atom. The number of amides is 2. The van der Waals surface area contributed by atoms with Crippen molar-refractivity contribution in [3.63, 3.8) is 0 Å². The van der Waals surface area contributed by atoms with E-state index < -0.39 is 28.6 Å². The molecule has 1 aromatic carbocycles. The van der Waals surface area contributed by atoms with Gasteiger partial charge in [-0.05, 0) is 37.3 Å². The molecule has 0 unspecified atom stereocenters. The van der Waals surface area contributed by atoms with E-state index in [4.69, 9.17) is 17.3 Å². The summed E-state index contributed by atoms with van der Waals surface area (Å²) in [6.45, 7) is 1.95. The molecule has 3 heterocycles. The van der Waals surface area contributed by atoms with Gasteiger partial charge in [-0.15, -0.1) is 0 Å². The molecule has 0 fully saturated rings. The number of hydrogen-bond donors (Lipinski definition) is 2. The van der Waals surface area contributed by atoms with Gasteiger partial charge >= 0.3 is 6.18 Å². The van der Waals surface area contributed by atoms with Crippen molar-refractivity contribution >= 4 is 40.6 Å². The van der Waals surface area contributed by atoms with Gasteiger partial charge in [0.15, 0.2) is 5.69 Å². The average molecular weight is 465 g/mol. The van der Waals surface area contributed by atoms with E-state index in [1.165, 1.54) is 40.2 Å². The normalized spacial score (nSPS) is 16.1. The minimum Gasteiger partial charge on any atom is -0.384 e. The van der Waals surface area contributed by atoms with Crippen molar-refractivity contribution in [2.24, 2.45) is 0 Å². The number of aromatic nitrogens is 3. The summed E-state index contributed by atoms with van der Waals surface area (Å²) >= 11 is 5.83. The predicted octanol–water partition coefficient (Wildman–Crippen LogP) is 4.01. The molecule has 3 aromatic rings. The fourth-order valence-corrected chi connectivity index (χ4v) is 3.69. The van der Waals surface area contributed by atoms with Crippen molar-refractivity contribution in [3.05, 3.63) is 64.6 Å². The fraction of sp³-hybridized carbons (Fsp3) is 0.200. The Morgan fingerprint density at radius 2 is 2.00 bits per heavy atom. The maximum atomic E-state index is 13.2. The lowest BCUT2D eigenvalue weighted by Gasteiger charge is -2.32. The van der Waals surface area contributed by atoms with Crippen molar-refractivity contribution in [1.82, 2.24) is 14.8 Å². The molecule has 0 radical (unpaired) electrons. The molecule has 0 saturated heterocycles. The lowest BCUT2D eigenvalue weighted by atomic mass is 10.1. The Labute approximate surface area is 184 Å². The second-order valence-electron chi connectivity index (χ2n) is 7.20. The third kappa shape index (κ3) is 3.86. The second kappa shape index (κ2) is 7.83. The number of nitrogens with zero attached hydrogens (tertiary/aromatic N) is 4. The van der Waals surface area contributed by atoms with Crippen LogP contribution in [0.5, 0.6) is 0 Å². The first-order chi connectivity index (χ1) is 15.1. The smallest absolute Gasteiger partial charge is 0.384 e. The summed E-state index contributed by atoms with van der Waals surface area (Å²) < 4.78 is 40.5. The molecule has 32 heavy (non-hydrogen) atoms. The third-order valence-electron chi connectivity index (χ3n) is 4.97. The number of nitrogens with one attached hydrogen (secondary N) is 1. The van der Waals surface area contributed by atoms with Gasteiger partial charge in [-0.3, -0.25) is 14.3 Å². The maximum absolute atomic E-state index is 13.2. The zero-order chi connectivity index (χ0) is 23.2. The molecule has 1 aliphatic rings. The molecular weight excluding hydrogens is 449 g/mol. The number of nitrogens with two attached hydrogens (primary N) is 1. The lowest BCUT2D eigenvalue weighted by molar-refractivity contribution is -0.137. The van der Waals surface area contributed by atoms with Crippen LogP contribution in [0.2, 0.25) is 5.02 Å². The van der Waals surface area contributed by atoms with E-state index in [2.05, 4.69) is 15.4 Å². The van der Waals surface area contributed by atoms with Gasteiger partial charge in [-0.2, -0.15) is 18.3 Å². The number of nitrogen functional groups attached to an aromatic ring is 1. The van der Waals surface area contributed by atoms with Gasteiger partial charge in [-0.25, -0.2) is 4.98 Å². The summed E-state index contributed by atoms with van der Waals surface area (Å²) in [6.07, 6.45) is -1.97.